The number of anilines is 1. The SMILES string of the molecule is CC(C)(C)OC(=O)NCCCCCC(=O)N[C@@H](Cc1ccccc1)C(=O)NC(CCCCNC(=O)OCC1c2ccccc2-c2ccccc21)C(=O)Nc1ccc(CO)cc1. The molecule has 0 aliphatic heterocycles. The molecule has 0 heterocycles. The molecule has 5 amide bonds. The second kappa shape index (κ2) is 23.0. The lowest BCUT2D eigenvalue weighted by molar-refractivity contribution is -0.131. The molecule has 13 nitrogen and oxygen atoms in total. The molecule has 6 N–H and O–H groups in total. The molecule has 0 aromatic heterocycles. The molecule has 1 aliphatic carbocycles. The third kappa shape index (κ3) is 14.8. The van der Waals surface area contributed by atoms with Gasteiger partial charge in [0, 0.05) is 37.5 Å². The number of carbonyl (C=O) groups is 5. The Morgan fingerprint density at radius 3 is 1.89 bits per heavy atom. The fourth-order valence-electron chi connectivity index (χ4n) is 7.19. The maximum Gasteiger partial charge on any atom is 0.407 e. The fourth-order valence-corrected chi connectivity index (χ4v) is 7.19. The van der Waals surface area contributed by atoms with Gasteiger partial charge in [0.2, 0.25) is 17.7 Å². The highest BCUT2D eigenvalue weighted by atomic mass is 16.6. The third-order valence-electron chi connectivity index (χ3n) is 10.3. The van der Waals surface area contributed by atoms with Crippen molar-refractivity contribution in [2.45, 2.75) is 102 Å². The number of ether oxygens (including phenoxy) is 2. The lowest BCUT2D eigenvalue weighted by Crippen LogP contribution is -2.53. The fraction of sp³-hybridized carbons (Fsp3) is 0.396. The van der Waals surface area contributed by atoms with Gasteiger partial charge in [-0.3, -0.25) is 14.4 Å². The summed E-state index contributed by atoms with van der Waals surface area (Å²) in [5.41, 5.74) is 5.96. The maximum atomic E-state index is 14.0. The van der Waals surface area contributed by atoms with Crippen LogP contribution in [-0.4, -0.2) is 72.4 Å². The minimum Gasteiger partial charge on any atom is -0.449 e. The van der Waals surface area contributed by atoms with Crippen molar-refractivity contribution >= 4 is 35.6 Å². The molecular formula is C48H59N5O8. The van der Waals surface area contributed by atoms with Crippen molar-refractivity contribution in [3.05, 3.63) is 125 Å². The van der Waals surface area contributed by atoms with Crippen LogP contribution in [0.15, 0.2) is 103 Å². The normalized spacial score (nSPS) is 12.9. The van der Waals surface area contributed by atoms with Gasteiger partial charge in [0.05, 0.1) is 6.61 Å². The van der Waals surface area contributed by atoms with E-state index in [0.717, 1.165) is 27.8 Å². The molecule has 1 aliphatic rings. The summed E-state index contributed by atoms with van der Waals surface area (Å²) in [4.78, 5) is 65.5. The molecule has 0 bridgehead atoms. The highest BCUT2D eigenvalue weighted by Gasteiger charge is 2.30. The highest BCUT2D eigenvalue weighted by Crippen LogP contribution is 2.44. The van der Waals surface area contributed by atoms with Gasteiger partial charge in [-0.15, -0.1) is 0 Å². The number of rotatable bonds is 21. The van der Waals surface area contributed by atoms with Gasteiger partial charge in [-0.05, 0) is 98.4 Å². The van der Waals surface area contributed by atoms with Crippen LogP contribution in [0.3, 0.4) is 0 Å². The number of aliphatic hydroxyl groups excluding tert-OH is 1. The zero-order valence-electron chi connectivity index (χ0n) is 35.3. The number of unbranched alkanes of at least 4 members (excludes halogenated alkanes) is 3. The lowest BCUT2D eigenvalue weighted by atomic mass is 9.98. The Morgan fingerprint density at radius 2 is 1.25 bits per heavy atom. The van der Waals surface area contributed by atoms with Gasteiger partial charge >= 0.3 is 12.2 Å². The van der Waals surface area contributed by atoms with Crippen LogP contribution in [0, 0.1) is 0 Å². The Bertz CT molecular complexity index is 2020. The van der Waals surface area contributed by atoms with E-state index in [2.05, 4.69) is 50.8 Å². The smallest absolute Gasteiger partial charge is 0.407 e. The molecule has 0 spiro atoms. The summed E-state index contributed by atoms with van der Waals surface area (Å²) >= 11 is 0. The minimum absolute atomic E-state index is 0.0591. The van der Waals surface area contributed by atoms with Crippen molar-refractivity contribution in [2.24, 2.45) is 0 Å². The predicted octanol–water partition coefficient (Wildman–Crippen LogP) is 7.12. The molecule has 2 atom stereocenters. The Balaban J connectivity index is 1.14. The molecule has 61 heavy (non-hydrogen) atoms. The van der Waals surface area contributed by atoms with Crippen molar-refractivity contribution in [1.29, 1.82) is 0 Å². The molecule has 1 unspecified atom stereocenters. The molecule has 4 aromatic rings. The van der Waals surface area contributed by atoms with Crippen LogP contribution < -0.4 is 26.6 Å². The number of benzene rings is 4. The first-order valence-corrected chi connectivity index (χ1v) is 21.1. The molecule has 0 saturated carbocycles. The molecule has 324 valence electrons. The van der Waals surface area contributed by atoms with E-state index in [-0.39, 0.29) is 44.3 Å². The second-order valence-corrected chi connectivity index (χ2v) is 16.2. The maximum absolute atomic E-state index is 14.0. The van der Waals surface area contributed by atoms with E-state index >= 15 is 0 Å². The Morgan fingerprint density at radius 1 is 0.639 bits per heavy atom. The number of hydrogen-bond donors (Lipinski definition) is 6. The average Bonchev–Trinajstić information content (AvgIpc) is 3.56. The number of carbonyl (C=O) groups excluding carboxylic acids is 5. The zero-order chi connectivity index (χ0) is 43.6. The lowest BCUT2D eigenvalue weighted by Gasteiger charge is -2.24. The quantitative estimate of drug-likeness (QED) is 0.0480. The van der Waals surface area contributed by atoms with Gasteiger partial charge in [-0.2, -0.15) is 0 Å². The van der Waals surface area contributed by atoms with Gasteiger partial charge < -0.3 is 41.2 Å². The summed E-state index contributed by atoms with van der Waals surface area (Å²) in [5.74, 6) is -1.32. The first-order chi connectivity index (χ1) is 29.4. The van der Waals surface area contributed by atoms with Crippen LogP contribution in [0.1, 0.15) is 93.9 Å². The number of nitrogens with one attached hydrogen (secondary N) is 5. The molecule has 0 saturated heterocycles. The Labute approximate surface area is 358 Å². The first kappa shape index (κ1) is 45.9. The Hall–Kier alpha value is -6.21. The molecule has 0 radical (unpaired) electrons. The summed E-state index contributed by atoms with van der Waals surface area (Å²) in [6.45, 7) is 6.15. The van der Waals surface area contributed by atoms with Crippen LogP contribution in [0.4, 0.5) is 15.3 Å². The van der Waals surface area contributed by atoms with E-state index in [1.807, 2.05) is 54.6 Å². The van der Waals surface area contributed by atoms with Crippen molar-refractivity contribution in [2.75, 3.05) is 25.0 Å². The summed E-state index contributed by atoms with van der Waals surface area (Å²) in [6, 6.07) is 30.4. The molecule has 13 heteroatoms. The molecule has 4 aromatic carbocycles. The number of aliphatic hydroxyl groups is 1. The van der Waals surface area contributed by atoms with E-state index in [0.29, 0.717) is 56.4 Å². The predicted molar refractivity (Wildman–Crippen MR) is 235 cm³/mol. The third-order valence-corrected chi connectivity index (χ3v) is 10.3. The van der Waals surface area contributed by atoms with E-state index < -0.39 is 41.7 Å². The van der Waals surface area contributed by atoms with Gasteiger partial charge in [-0.25, -0.2) is 9.59 Å². The summed E-state index contributed by atoms with van der Waals surface area (Å²) in [5, 5.41) is 23.6. The van der Waals surface area contributed by atoms with E-state index in [9.17, 15) is 29.1 Å². The van der Waals surface area contributed by atoms with E-state index in [1.54, 1.807) is 45.0 Å². The van der Waals surface area contributed by atoms with Crippen LogP contribution in [0.25, 0.3) is 11.1 Å². The average molecular weight is 834 g/mol. The number of alkyl carbamates (subject to hydrolysis) is 2. The number of amides is 5. The van der Waals surface area contributed by atoms with Crippen molar-refractivity contribution in [1.82, 2.24) is 21.3 Å². The van der Waals surface area contributed by atoms with Gasteiger partial charge in [0.15, 0.2) is 0 Å². The minimum atomic E-state index is -0.966. The standard InChI is InChI=1S/C48H59N5O8/c1-48(2,3)61-47(59)50-28-14-5-8-23-43(55)52-42(30-33-16-6-4-7-17-33)45(57)53-41(44(56)51-35-26-24-34(31-54)25-27-35)22-13-15-29-49-46(58)60-32-40-38-20-11-9-18-36(38)37-19-10-12-21-39(37)40/h4,6-7,9-12,16-21,24-27,40-42,54H,5,8,13-15,22-23,28-32H2,1-3H3,(H,49,58)(H,50,59)(H,51,56)(H,52,55)(H,53,57)/t41?,42-/m0/s1. The van der Waals surface area contributed by atoms with Gasteiger partial charge in [-0.1, -0.05) is 97.4 Å². The Kier molecular flexibility index (Phi) is 17.3. The number of hydrogen-bond acceptors (Lipinski definition) is 8. The number of fused-ring (bicyclic) bond motifs is 3. The monoisotopic (exact) mass is 833 g/mol. The van der Waals surface area contributed by atoms with Crippen molar-refractivity contribution < 1.29 is 38.6 Å². The van der Waals surface area contributed by atoms with E-state index in [1.165, 1.54) is 0 Å². The first-order valence-electron chi connectivity index (χ1n) is 21.1. The van der Waals surface area contributed by atoms with Crippen molar-refractivity contribution in [3.8, 4) is 11.1 Å². The zero-order valence-corrected chi connectivity index (χ0v) is 35.3. The highest BCUT2D eigenvalue weighted by molar-refractivity contribution is 5.98. The molecular weight excluding hydrogens is 775 g/mol. The van der Waals surface area contributed by atoms with Gasteiger partial charge in [0.1, 0.15) is 24.3 Å². The van der Waals surface area contributed by atoms with Crippen LogP contribution >= 0.6 is 0 Å². The summed E-state index contributed by atoms with van der Waals surface area (Å²) < 4.78 is 10.9. The van der Waals surface area contributed by atoms with Gasteiger partial charge in [0.25, 0.3) is 0 Å². The van der Waals surface area contributed by atoms with Crippen LogP contribution in [-0.2, 0) is 36.9 Å². The topological polar surface area (TPSA) is 184 Å². The molecule has 0 fully saturated rings. The summed E-state index contributed by atoms with van der Waals surface area (Å²) in [7, 11) is 0. The largest absolute Gasteiger partial charge is 0.449 e. The van der Waals surface area contributed by atoms with Crippen molar-refractivity contribution in [3.63, 3.8) is 0 Å². The second-order valence-electron chi connectivity index (χ2n) is 16.2. The van der Waals surface area contributed by atoms with Crippen LogP contribution in [0.5, 0.6) is 0 Å². The summed E-state index contributed by atoms with van der Waals surface area (Å²) in [6.07, 6.45) is 2.47. The van der Waals surface area contributed by atoms with Crippen LogP contribution in [0.2, 0.25) is 0 Å². The van der Waals surface area contributed by atoms with E-state index in [4.69, 9.17) is 9.47 Å². The molecule has 5 rings (SSSR count).